The number of nitro benzene ring substituents is 1. The number of piperidine rings is 1. The predicted octanol–water partition coefficient (Wildman–Crippen LogP) is 2.89. The van der Waals surface area contributed by atoms with Crippen LogP contribution in [0.4, 0.5) is 11.4 Å². The lowest BCUT2D eigenvalue weighted by Gasteiger charge is -2.32. The van der Waals surface area contributed by atoms with Crippen LogP contribution < -0.4 is 5.32 Å². The maximum Gasteiger partial charge on any atom is 0.303 e. The summed E-state index contributed by atoms with van der Waals surface area (Å²) in [6, 6.07) is 6.19. The number of carboxylic acids is 1. The summed E-state index contributed by atoms with van der Waals surface area (Å²) in [7, 11) is 0. The first-order valence-electron chi connectivity index (χ1n) is 8.93. The van der Waals surface area contributed by atoms with E-state index in [1.807, 2.05) is 4.90 Å². The van der Waals surface area contributed by atoms with E-state index in [9.17, 15) is 19.7 Å². The second kappa shape index (κ2) is 9.74. The van der Waals surface area contributed by atoms with Crippen LogP contribution in [-0.2, 0) is 9.59 Å². The minimum Gasteiger partial charge on any atom is -0.481 e. The van der Waals surface area contributed by atoms with Crippen LogP contribution in [0.2, 0.25) is 0 Å². The Bertz CT molecular complexity index is 632. The zero-order chi connectivity index (χ0) is 18.9. The van der Waals surface area contributed by atoms with Crippen molar-refractivity contribution < 1.29 is 19.6 Å². The van der Waals surface area contributed by atoms with Gasteiger partial charge in [0.15, 0.2) is 0 Å². The fourth-order valence-corrected chi connectivity index (χ4v) is 3.19. The number of aliphatic carboxylic acids is 1. The highest BCUT2D eigenvalue weighted by Gasteiger charge is 2.23. The summed E-state index contributed by atoms with van der Waals surface area (Å²) in [5, 5.41) is 22.5. The van der Waals surface area contributed by atoms with Gasteiger partial charge in [0.05, 0.1) is 4.92 Å². The summed E-state index contributed by atoms with van der Waals surface area (Å²) in [4.78, 5) is 35.0. The van der Waals surface area contributed by atoms with Gasteiger partial charge in [-0.3, -0.25) is 19.7 Å². The third kappa shape index (κ3) is 6.34. The van der Waals surface area contributed by atoms with Gasteiger partial charge < -0.3 is 15.3 Å². The number of nitrogens with one attached hydrogen (secondary N) is 1. The summed E-state index contributed by atoms with van der Waals surface area (Å²) < 4.78 is 0. The Morgan fingerprint density at radius 2 is 2.00 bits per heavy atom. The number of nitro groups is 1. The molecule has 142 valence electrons. The van der Waals surface area contributed by atoms with Gasteiger partial charge in [0, 0.05) is 50.3 Å². The number of carboxylic acid groups (broad SMARTS) is 1. The van der Waals surface area contributed by atoms with Gasteiger partial charge in [0.25, 0.3) is 5.69 Å². The van der Waals surface area contributed by atoms with Crippen molar-refractivity contribution in [1.29, 1.82) is 0 Å². The topological polar surface area (TPSA) is 113 Å². The molecule has 0 bridgehead atoms. The van der Waals surface area contributed by atoms with E-state index in [2.05, 4.69) is 5.32 Å². The molecule has 1 aromatic rings. The third-order valence-corrected chi connectivity index (χ3v) is 4.61. The van der Waals surface area contributed by atoms with E-state index >= 15 is 0 Å². The number of benzene rings is 1. The van der Waals surface area contributed by atoms with E-state index in [4.69, 9.17) is 5.11 Å². The lowest BCUT2D eigenvalue weighted by Crippen LogP contribution is -2.40. The molecule has 0 spiro atoms. The van der Waals surface area contributed by atoms with Crippen LogP contribution in [0.3, 0.4) is 0 Å². The van der Waals surface area contributed by atoms with Crippen LogP contribution in [0.15, 0.2) is 24.3 Å². The van der Waals surface area contributed by atoms with Crippen molar-refractivity contribution in [2.45, 2.75) is 38.5 Å². The zero-order valence-electron chi connectivity index (χ0n) is 14.7. The fourth-order valence-electron chi connectivity index (χ4n) is 3.19. The Morgan fingerprint density at radius 3 is 2.65 bits per heavy atom. The molecule has 1 aromatic carbocycles. The van der Waals surface area contributed by atoms with Gasteiger partial charge in [-0.25, -0.2) is 0 Å². The summed E-state index contributed by atoms with van der Waals surface area (Å²) in [6.07, 6.45) is 3.81. The molecule has 1 aliphatic heterocycles. The van der Waals surface area contributed by atoms with Gasteiger partial charge in [0.2, 0.25) is 5.91 Å². The Labute approximate surface area is 152 Å². The van der Waals surface area contributed by atoms with Gasteiger partial charge in [-0.2, -0.15) is 0 Å². The van der Waals surface area contributed by atoms with Crippen LogP contribution in [0.1, 0.15) is 38.5 Å². The third-order valence-electron chi connectivity index (χ3n) is 4.61. The summed E-state index contributed by atoms with van der Waals surface area (Å²) in [5.74, 6) is -0.400. The molecule has 2 rings (SSSR count). The molecule has 0 radical (unpaired) electrons. The number of carbonyl (C=O) groups is 2. The van der Waals surface area contributed by atoms with Crippen LogP contribution in [0, 0.1) is 16.0 Å². The number of rotatable bonds is 9. The molecule has 8 nitrogen and oxygen atoms in total. The van der Waals surface area contributed by atoms with Crippen LogP contribution in [0.25, 0.3) is 0 Å². The Balaban J connectivity index is 1.67. The molecule has 1 unspecified atom stereocenters. The van der Waals surface area contributed by atoms with Crippen molar-refractivity contribution in [3.05, 3.63) is 34.4 Å². The van der Waals surface area contributed by atoms with Gasteiger partial charge >= 0.3 is 5.97 Å². The van der Waals surface area contributed by atoms with E-state index in [1.54, 1.807) is 12.1 Å². The first-order chi connectivity index (χ1) is 12.5. The van der Waals surface area contributed by atoms with Crippen LogP contribution >= 0.6 is 0 Å². The van der Waals surface area contributed by atoms with Crippen molar-refractivity contribution in [1.82, 2.24) is 4.90 Å². The lowest BCUT2D eigenvalue weighted by molar-refractivity contribution is -0.384. The molecule has 0 saturated carbocycles. The first-order valence-corrected chi connectivity index (χ1v) is 8.93. The Kier molecular flexibility index (Phi) is 7.37. The molecule has 1 heterocycles. The quantitative estimate of drug-likeness (QED) is 0.396. The number of hydrogen-bond acceptors (Lipinski definition) is 5. The van der Waals surface area contributed by atoms with Crippen molar-refractivity contribution in [2.24, 2.45) is 5.92 Å². The highest BCUT2D eigenvalue weighted by Crippen LogP contribution is 2.22. The smallest absolute Gasteiger partial charge is 0.303 e. The maximum atomic E-state index is 12.3. The van der Waals surface area contributed by atoms with Gasteiger partial charge in [-0.05, 0) is 43.7 Å². The molecule has 1 fully saturated rings. The highest BCUT2D eigenvalue weighted by atomic mass is 16.6. The Morgan fingerprint density at radius 1 is 1.27 bits per heavy atom. The predicted molar refractivity (Wildman–Crippen MR) is 97.0 cm³/mol. The standard InChI is InChI=1S/C18H25N3O5/c22-17(20-12-2-3-14(13-20)5-10-18(23)24)4-1-11-19-15-6-8-16(9-7-15)21(25)26/h6-9,14,19H,1-5,10-13H2,(H,23,24). The SMILES string of the molecule is O=C(O)CCC1CCCN(C(=O)CCCNc2ccc([N+](=O)[O-])cc2)C1. The number of likely N-dealkylation sites (tertiary alicyclic amines) is 1. The number of carbonyl (C=O) groups excluding carboxylic acids is 1. The van der Waals surface area contributed by atoms with E-state index in [1.165, 1.54) is 12.1 Å². The molecule has 1 amide bonds. The van der Waals surface area contributed by atoms with Crippen molar-refractivity contribution in [3.8, 4) is 0 Å². The molecule has 1 saturated heterocycles. The minimum atomic E-state index is -0.786. The second-order valence-corrected chi connectivity index (χ2v) is 6.61. The van der Waals surface area contributed by atoms with E-state index in [-0.39, 0.29) is 23.9 Å². The average molecular weight is 363 g/mol. The van der Waals surface area contributed by atoms with Crippen molar-refractivity contribution in [3.63, 3.8) is 0 Å². The monoisotopic (exact) mass is 363 g/mol. The normalized spacial score (nSPS) is 16.9. The van der Waals surface area contributed by atoms with Gasteiger partial charge in [-0.15, -0.1) is 0 Å². The summed E-state index contributed by atoms with van der Waals surface area (Å²) in [5.41, 5.74) is 0.836. The second-order valence-electron chi connectivity index (χ2n) is 6.61. The maximum absolute atomic E-state index is 12.3. The average Bonchev–Trinajstić information content (AvgIpc) is 2.64. The van der Waals surface area contributed by atoms with Gasteiger partial charge in [0.1, 0.15) is 0 Å². The van der Waals surface area contributed by atoms with Crippen LogP contribution in [-0.4, -0.2) is 46.4 Å². The summed E-state index contributed by atoms with van der Waals surface area (Å²) >= 11 is 0. The lowest BCUT2D eigenvalue weighted by atomic mass is 9.93. The number of hydrogen-bond donors (Lipinski definition) is 2. The first kappa shape index (κ1) is 19.7. The van der Waals surface area contributed by atoms with Crippen molar-refractivity contribution >= 4 is 23.3 Å². The number of anilines is 1. The highest BCUT2D eigenvalue weighted by molar-refractivity contribution is 5.76. The molecule has 1 aliphatic rings. The molecule has 26 heavy (non-hydrogen) atoms. The largest absolute Gasteiger partial charge is 0.481 e. The van der Waals surface area contributed by atoms with Gasteiger partial charge in [-0.1, -0.05) is 0 Å². The van der Waals surface area contributed by atoms with Crippen molar-refractivity contribution in [2.75, 3.05) is 25.0 Å². The molecular weight excluding hydrogens is 338 g/mol. The van der Waals surface area contributed by atoms with E-state index in [0.717, 1.165) is 25.1 Å². The Hall–Kier alpha value is -2.64. The summed E-state index contributed by atoms with van der Waals surface area (Å²) in [6.45, 7) is 2.01. The number of non-ortho nitro benzene ring substituents is 1. The molecule has 2 N–H and O–H groups in total. The number of nitrogens with zero attached hydrogens (tertiary/aromatic N) is 2. The molecule has 0 aliphatic carbocycles. The molecule has 1 atom stereocenters. The minimum absolute atomic E-state index is 0.0493. The molecular formula is C18H25N3O5. The van der Waals surface area contributed by atoms with E-state index < -0.39 is 10.9 Å². The number of amides is 1. The zero-order valence-corrected chi connectivity index (χ0v) is 14.7. The van der Waals surface area contributed by atoms with E-state index in [0.29, 0.717) is 32.4 Å². The molecule has 8 heteroatoms. The fraction of sp³-hybridized carbons (Fsp3) is 0.556. The molecule has 0 aromatic heterocycles. The van der Waals surface area contributed by atoms with Crippen LogP contribution in [0.5, 0.6) is 0 Å².